The van der Waals surface area contributed by atoms with E-state index in [1.165, 1.54) is 5.56 Å². The fourth-order valence-corrected chi connectivity index (χ4v) is 4.23. The molecular formula is C25H30N4O3. The largest absolute Gasteiger partial charge is 0.352 e. The molecule has 7 heteroatoms. The first-order valence-electron chi connectivity index (χ1n) is 11.2. The average Bonchev–Trinajstić information content (AvgIpc) is 3.45. The predicted octanol–water partition coefficient (Wildman–Crippen LogP) is 3.29. The van der Waals surface area contributed by atoms with Crippen molar-refractivity contribution in [1.29, 1.82) is 0 Å². The summed E-state index contributed by atoms with van der Waals surface area (Å²) in [6.07, 6.45) is 2.33. The number of anilines is 1. The minimum Gasteiger partial charge on any atom is -0.352 e. The van der Waals surface area contributed by atoms with Crippen molar-refractivity contribution in [1.82, 2.24) is 15.1 Å². The van der Waals surface area contributed by atoms with Gasteiger partial charge >= 0.3 is 6.03 Å². The lowest BCUT2D eigenvalue weighted by atomic mass is 10.1. The van der Waals surface area contributed by atoms with Crippen molar-refractivity contribution in [2.24, 2.45) is 5.92 Å². The fraction of sp³-hybridized carbons (Fsp3) is 0.400. The first kappa shape index (κ1) is 21.9. The number of carbonyl (C=O) groups excluding carboxylic acids is 3. The summed E-state index contributed by atoms with van der Waals surface area (Å²) in [6.45, 7) is 4.94. The molecule has 168 valence electrons. The van der Waals surface area contributed by atoms with Crippen LogP contribution in [0.25, 0.3) is 0 Å². The van der Waals surface area contributed by atoms with E-state index < -0.39 is 0 Å². The van der Waals surface area contributed by atoms with E-state index in [2.05, 4.69) is 10.6 Å². The van der Waals surface area contributed by atoms with Crippen LogP contribution >= 0.6 is 0 Å². The van der Waals surface area contributed by atoms with Crippen molar-refractivity contribution in [3.8, 4) is 0 Å². The number of likely N-dealkylation sites (tertiary alicyclic amines) is 2. The van der Waals surface area contributed by atoms with Crippen LogP contribution in [0.4, 0.5) is 10.5 Å². The third-order valence-electron chi connectivity index (χ3n) is 6.12. The summed E-state index contributed by atoms with van der Waals surface area (Å²) >= 11 is 0. The predicted molar refractivity (Wildman–Crippen MR) is 123 cm³/mol. The lowest BCUT2D eigenvalue weighted by Crippen LogP contribution is -2.33. The van der Waals surface area contributed by atoms with E-state index in [1.54, 1.807) is 4.90 Å². The van der Waals surface area contributed by atoms with Gasteiger partial charge in [0.25, 0.3) is 0 Å². The van der Waals surface area contributed by atoms with E-state index in [-0.39, 0.29) is 30.2 Å². The molecule has 2 N–H and O–H groups in total. The molecule has 4 rings (SSSR count). The number of aryl methyl sites for hydroxylation is 1. The van der Waals surface area contributed by atoms with Crippen LogP contribution in [-0.2, 0) is 22.7 Å². The van der Waals surface area contributed by atoms with Gasteiger partial charge in [0.15, 0.2) is 0 Å². The molecule has 2 saturated heterocycles. The first-order valence-corrected chi connectivity index (χ1v) is 11.2. The van der Waals surface area contributed by atoms with Gasteiger partial charge in [-0.05, 0) is 43.0 Å². The zero-order valence-electron chi connectivity index (χ0n) is 18.5. The third-order valence-corrected chi connectivity index (χ3v) is 6.12. The molecule has 2 aliphatic heterocycles. The lowest BCUT2D eigenvalue weighted by molar-refractivity contribution is -0.129. The Morgan fingerprint density at radius 3 is 2.53 bits per heavy atom. The molecule has 1 atom stereocenters. The highest BCUT2D eigenvalue weighted by Gasteiger charge is 2.34. The zero-order valence-corrected chi connectivity index (χ0v) is 18.5. The van der Waals surface area contributed by atoms with Gasteiger partial charge in [-0.1, -0.05) is 42.0 Å². The van der Waals surface area contributed by atoms with E-state index in [9.17, 15) is 14.4 Å². The maximum Gasteiger partial charge on any atom is 0.321 e. The van der Waals surface area contributed by atoms with Gasteiger partial charge in [0.2, 0.25) is 11.8 Å². The van der Waals surface area contributed by atoms with Crippen LogP contribution in [0, 0.1) is 12.8 Å². The molecule has 0 aliphatic carbocycles. The summed E-state index contributed by atoms with van der Waals surface area (Å²) in [5, 5.41) is 5.88. The van der Waals surface area contributed by atoms with Crippen LogP contribution in [0.15, 0.2) is 48.5 Å². The Morgan fingerprint density at radius 2 is 1.78 bits per heavy atom. The number of carbonyl (C=O) groups is 3. The summed E-state index contributed by atoms with van der Waals surface area (Å²) in [5.74, 6) is -0.445. The van der Waals surface area contributed by atoms with Gasteiger partial charge in [0.1, 0.15) is 0 Å². The van der Waals surface area contributed by atoms with E-state index in [0.29, 0.717) is 25.3 Å². The van der Waals surface area contributed by atoms with Gasteiger partial charge in [-0.2, -0.15) is 0 Å². The van der Waals surface area contributed by atoms with Crippen molar-refractivity contribution in [2.75, 3.05) is 25.0 Å². The van der Waals surface area contributed by atoms with Gasteiger partial charge in [0.05, 0.1) is 5.92 Å². The summed E-state index contributed by atoms with van der Waals surface area (Å²) < 4.78 is 0. The van der Waals surface area contributed by atoms with E-state index in [0.717, 1.165) is 37.1 Å². The molecule has 0 bridgehead atoms. The normalized spacial score (nSPS) is 18.2. The van der Waals surface area contributed by atoms with Crippen molar-refractivity contribution >= 4 is 23.5 Å². The summed E-state index contributed by atoms with van der Waals surface area (Å²) in [7, 11) is 0. The molecular weight excluding hydrogens is 404 g/mol. The highest BCUT2D eigenvalue weighted by molar-refractivity contribution is 5.90. The van der Waals surface area contributed by atoms with Crippen LogP contribution in [0.1, 0.15) is 36.0 Å². The van der Waals surface area contributed by atoms with Crippen LogP contribution < -0.4 is 10.6 Å². The molecule has 2 aliphatic rings. The van der Waals surface area contributed by atoms with E-state index in [4.69, 9.17) is 0 Å². The number of nitrogens with one attached hydrogen (secondary N) is 2. The molecule has 0 aromatic heterocycles. The number of nitrogens with zero attached hydrogens (tertiary/aromatic N) is 2. The SMILES string of the molecule is Cc1ccc(CN2CC(C(=O)NCc3cccc(NC(=O)N4CCCC4)c3)CC2=O)cc1. The Balaban J connectivity index is 1.27. The third kappa shape index (κ3) is 5.46. The quantitative estimate of drug-likeness (QED) is 0.732. The van der Waals surface area contributed by atoms with Gasteiger partial charge < -0.3 is 20.4 Å². The van der Waals surface area contributed by atoms with Crippen molar-refractivity contribution in [2.45, 2.75) is 39.3 Å². The fourth-order valence-electron chi connectivity index (χ4n) is 4.23. The van der Waals surface area contributed by atoms with Crippen LogP contribution in [-0.4, -0.2) is 47.3 Å². The molecule has 0 radical (unpaired) electrons. The molecule has 7 nitrogen and oxygen atoms in total. The Kier molecular flexibility index (Phi) is 6.73. The summed E-state index contributed by atoms with van der Waals surface area (Å²) in [6, 6.07) is 15.5. The average molecular weight is 435 g/mol. The number of hydrogen-bond acceptors (Lipinski definition) is 3. The number of rotatable bonds is 6. The van der Waals surface area contributed by atoms with Crippen LogP contribution in [0.2, 0.25) is 0 Å². The molecule has 2 fully saturated rings. The van der Waals surface area contributed by atoms with E-state index in [1.807, 2.05) is 60.4 Å². The second-order valence-corrected chi connectivity index (χ2v) is 8.70. The van der Waals surface area contributed by atoms with Crippen LogP contribution in [0.3, 0.4) is 0 Å². The monoisotopic (exact) mass is 434 g/mol. The molecule has 2 aromatic carbocycles. The Hall–Kier alpha value is -3.35. The number of urea groups is 1. The highest BCUT2D eigenvalue weighted by Crippen LogP contribution is 2.21. The molecule has 2 heterocycles. The second kappa shape index (κ2) is 9.85. The minimum absolute atomic E-state index is 0.0114. The second-order valence-electron chi connectivity index (χ2n) is 8.70. The molecule has 0 saturated carbocycles. The Bertz CT molecular complexity index is 983. The molecule has 0 spiro atoms. The van der Waals surface area contributed by atoms with Gasteiger partial charge in [-0.15, -0.1) is 0 Å². The van der Waals surface area contributed by atoms with Crippen LogP contribution in [0.5, 0.6) is 0 Å². The number of hydrogen-bond donors (Lipinski definition) is 2. The molecule has 1 unspecified atom stereocenters. The lowest BCUT2D eigenvalue weighted by Gasteiger charge is -2.17. The maximum absolute atomic E-state index is 12.7. The summed E-state index contributed by atoms with van der Waals surface area (Å²) in [5.41, 5.74) is 3.86. The van der Waals surface area contributed by atoms with Crippen molar-refractivity contribution in [3.05, 3.63) is 65.2 Å². The van der Waals surface area contributed by atoms with Crippen molar-refractivity contribution in [3.63, 3.8) is 0 Å². The molecule has 4 amide bonds. The number of benzene rings is 2. The smallest absolute Gasteiger partial charge is 0.321 e. The van der Waals surface area contributed by atoms with E-state index >= 15 is 0 Å². The highest BCUT2D eigenvalue weighted by atomic mass is 16.2. The van der Waals surface area contributed by atoms with Gasteiger partial charge in [0, 0.05) is 44.8 Å². The molecule has 2 aromatic rings. The first-order chi connectivity index (χ1) is 15.5. The standard InChI is InChI=1S/C25H30N4O3/c1-18-7-9-19(10-8-18)16-29-17-21(14-23(29)30)24(31)26-15-20-5-4-6-22(13-20)27-25(32)28-11-2-3-12-28/h4-10,13,21H,2-3,11-12,14-17H2,1H3,(H,26,31)(H,27,32). The van der Waals surface area contributed by atoms with Gasteiger partial charge in [-0.25, -0.2) is 4.79 Å². The van der Waals surface area contributed by atoms with Crippen molar-refractivity contribution < 1.29 is 14.4 Å². The zero-order chi connectivity index (χ0) is 22.5. The molecule has 32 heavy (non-hydrogen) atoms. The maximum atomic E-state index is 12.7. The topological polar surface area (TPSA) is 81.8 Å². The van der Waals surface area contributed by atoms with Gasteiger partial charge in [-0.3, -0.25) is 9.59 Å². The summed E-state index contributed by atoms with van der Waals surface area (Å²) in [4.78, 5) is 40.9. The Morgan fingerprint density at radius 1 is 1.03 bits per heavy atom. The number of amides is 4. The Labute approximate surface area is 188 Å². The minimum atomic E-state index is -0.342.